The molecule has 3 rings (SSSR count). The number of carbonyl (C=O) groups is 1. The van der Waals surface area contributed by atoms with E-state index < -0.39 is 6.10 Å². The molecule has 1 fully saturated rings. The summed E-state index contributed by atoms with van der Waals surface area (Å²) < 4.78 is 7.06. The van der Waals surface area contributed by atoms with Crippen molar-refractivity contribution in [1.29, 1.82) is 0 Å². The molecule has 1 saturated heterocycles. The average molecular weight is 332 g/mol. The quantitative estimate of drug-likeness (QED) is 0.852. The molecular formula is C17H24N4O3. The molecule has 0 aromatic carbocycles. The van der Waals surface area contributed by atoms with E-state index in [2.05, 4.69) is 17.3 Å². The van der Waals surface area contributed by atoms with Crippen molar-refractivity contribution in [2.24, 2.45) is 0 Å². The van der Waals surface area contributed by atoms with Gasteiger partial charge in [0.1, 0.15) is 11.9 Å². The fourth-order valence-electron chi connectivity index (χ4n) is 3.18. The van der Waals surface area contributed by atoms with Gasteiger partial charge in [-0.3, -0.25) is 4.68 Å². The van der Waals surface area contributed by atoms with Crippen LogP contribution in [0.4, 0.5) is 10.5 Å². The summed E-state index contributed by atoms with van der Waals surface area (Å²) in [4.78, 5) is 14.3. The lowest BCUT2D eigenvalue weighted by Crippen LogP contribution is -2.39. The van der Waals surface area contributed by atoms with Crippen LogP contribution in [0.1, 0.15) is 44.5 Å². The van der Waals surface area contributed by atoms with E-state index in [1.165, 1.54) is 0 Å². The molecule has 0 aliphatic carbocycles. The van der Waals surface area contributed by atoms with Crippen molar-refractivity contribution >= 4 is 11.7 Å². The molecule has 0 spiro atoms. The van der Waals surface area contributed by atoms with Gasteiger partial charge in [0.05, 0.1) is 18.1 Å². The molecule has 24 heavy (non-hydrogen) atoms. The predicted molar refractivity (Wildman–Crippen MR) is 89.5 cm³/mol. The molecule has 7 heteroatoms. The number of carbonyl (C=O) groups excluding carboxylic acids is 1. The van der Waals surface area contributed by atoms with Gasteiger partial charge >= 0.3 is 6.03 Å². The number of aliphatic hydroxyl groups excluding tert-OH is 1. The fourth-order valence-corrected chi connectivity index (χ4v) is 3.18. The number of aryl methyl sites for hydroxylation is 1. The third-order valence-electron chi connectivity index (χ3n) is 4.34. The summed E-state index contributed by atoms with van der Waals surface area (Å²) in [6.07, 6.45) is 7.67. The molecule has 2 aromatic heterocycles. The molecule has 0 radical (unpaired) electrons. The van der Waals surface area contributed by atoms with Gasteiger partial charge in [0.25, 0.3) is 0 Å². The van der Waals surface area contributed by atoms with E-state index in [0.717, 1.165) is 25.8 Å². The number of anilines is 1. The van der Waals surface area contributed by atoms with Crippen LogP contribution >= 0.6 is 0 Å². The third kappa shape index (κ3) is 3.79. The first-order valence-corrected chi connectivity index (χ1v) is 8.49. The van der Waals surface area contributed by atoms with Crippen LogP contribution in [0.5, 0.6) is 0 Å². The van der Waals surface area contributed by atoms with Crippen molar-refractivity contribution in [2.45, 2.75) is 51.3 Å². The van der Waals surface area contributed by atoms with E-state index in [0.29, 0.717) is 24.4 Å². The van der Waals surface area contributed by atoms with Gasteiger partial charge in [-0.05, 0) is 31.4 Å². The Kier molecular flexibility index (Phi) is 5.20. The van der Waals surface area contributed by atoms with Gasteiger partial charge in [-0.15, -0.1) is 0 Å². The maximum absolute atomic E-state index is 12.5. The van der Waals surface area contributed by atoms with Gasteiger partial charge in [0.15, 0.2) is 0 Å². The lowest BCUT2D eigenvalue weighted by molar-refractivity contribution is 0.110. The highest BCUT2D eigenvalue weighted by Gasteiger charge is 2.31. The summed E-state index contributed by atoms with van der Waals surface area (Å²) in [5.74, 6) is 0.545. The highest BCUT2D eigenvalue weighted by Crippen LogP contribution is 2.28. The Hall–Kier alpha value is -2.28. The minimum atomic E-state index is -0.689. The number of furan rings is 1. The Bertz CT molecular complexity index is 653. The van der Waals surface area contributed by atoms with Gasteiger partial charge in [-0.1, -0.05) is 6.92 Å². The molecular weight excluding hydrogens is 308 g/mol. The van der Waals surface area contributed by atoms with Crippen LogP contribution in [0.15, 0.2) is 35.2 Å². The standard InChI is InChI=1S/C17H24N4O3/c1-2-7-20-12-13(11-18-20)19-17(23)21-8-3-5-14(21)10-15(22)16-6-4-9-24-16/h4,6,9,11-12,14-15,22H,2-3,5,7-8,10H2,1H3,(H,19,23). The zero-order valence-electron chi connectivity index (χ0n) is 13.9. The summed E-state index contributed by atoms with van der Waals surface area (Å²) in [6.45, 7) is 3.61. The van der Waals surface area contributed by atoms with Crippen LogP contribution in [-0.4, -0.2) is 38.4 Å². The first-order valence-electron chi connectivity index (χ1n) is 8.49. The summed E-state index contributed by atoms with van der Waals surface area (Å²) in [5, 5.41) is 17.4. The second-order valence-corrected chi connectivity index (χ2v) is 6.18. The van der Waals surface area contributed by atoms with Gasteiger partial charge in [0, 0.05) is 31.7 Å². The predicted octanol–water partition coefficient (Wildman–Crippen LogP) is 3.01. The first-order chi connectivity index (χ1) is 11.7. The number of amides is 2. The zero-order chi connectivity index (χ0) is 16.9. The molecule has 2 amide bonds. The molecule has 3 heterocycles. The monoisotopic (exact) mass is 332 g/mol. The summed E-state index contributed by atoms with van der Waals surface area (Å²) in [6, 6.07) is 3.38. The highest BCUT2D eigenvalue weighted by molar-refractivity contribution is 5.89. The smallest absolute Gasteiger partial charge is 0.322 e. The minimum Gasteiger partial charge on any atom is -0.467 e. The van der Waals surface area contributed by atoms with E-state index in [-0.39, 0.29) is 12.1 Å². The van der Waals surface area contributed by atoms with Crippen molar-refractivity contribution in [3.63, 3.8) is 0 Å². The van der Waals surface area contributed by atoms with Crippen LogP contribution in [-0.2, 0) is 6.54 Å². The number of nitrogens with one attached hydrogen (secondary N) is 1. The Morgan fingerprint density at radius 1 is 1.58 bits per heavy atom. The molecule has 2 unspecified atom stereocenters. The highest BCUT2D eigenvalue weighted by atomic mass is 16.4. The average Bonchev–Trinajstić information content (AvgIpc) is 3.28. The van der Waals surface area contributed by atoms with Crippen LogP contribution in [0.25, 0.3) is 0 Å². The van der Waals surface area contributed by atoms with Crippen LogP contribution < -0.4 is 5.32 Å². The van der Waals surface area contributed by atoms with E-state index >= 15 is 0 Å². The van der Waals surface area contributed by atoms with Crippen molar-refractivity contribution in [1.82, 2.24) is 14.7 Å². The number of urea groups is 1. The van der Waals surface area contributed by atoms with Gasteiger partial charge in [-0.2, -0.15) is 5.10 Å². The lowest BCUT2D eigenvalue weighted by Gasteiger charge is -2.26. The second kappa shape index (κ2) is 7.53. The Morgan fingerprint density at radius 3 is 3.21 bits per heavy atom. The van der Waals surface area contributed by atoms with Crippen molar-refractivity contribution in [2.75, 3.05) is 11.9 Å². The number of hydrogen-bond acceptors (Lipinski definition) is 4. The zero-order valence-corrected chi connectivity index (χ0v) is 13.9. The van der Waals surface area contributed by atoms with Crippen molar-refractivity contribution in [3.8, 4) is 0 Å². The molecule has 0 saturated carbocycles. The molecule has 1 aliphatic rings. The molecule has 2 N–H and O–H groups in total. The number of hydrogen-bond donors (Lipinski definition) is 2. The maximum Gasteiger partial charge on any atom is 0.322 e. The number of likely N-dealkylation sites (tertiary alicyclic amines) is 1. The van der Waals surface area contributed by atoms with Gasteiger partial charge < -0.3 is 19.7 Å². The van der Waals surface area contributed by atoms with Crippen molar-refractivity contribution < 1.29 is 14.3 Å². The van der Waals surface area contributed by atoms with Crippen LogP contribution in [0, 0.1) is 0 Å². The number of nitrogens with zero attached hydrogens (tertiary/aromatic N) is 3. The number of aromatic nitrogens is 2. The molecule has 2 aromatic rings. The molecule has 0 bridgehead atoms. The molecule has 1 aliphatic heterocycles. The third-order valence-corrected chi connectivity index (χ3v) is 4.34. The van der Waals surface area contributed by atoms with Crippen molar-refractivity contribution in [3.05, 3.63) is 36.5 Å². The summed E-state index contributed by atoms with van der Waals surface area (Å²) in [7, 11) is 0. The Morgan fingerprint density at radius 2 is 2.46 bits per heavy atom. The second-order valence-electron chi connectivity index (χ2n) is 6.18. The normalized spacial score (nSPS) is 18.8. The van der Waals surface area contributed by atoms with Crippen LogP contribution in [0.3, 0.4) is 0 Å². The topological polar surface area (TPSA) is 83.5 Å². The Labute approximate surface area is 141 Å². The fraction of sp³-hybridized carbons (Fsp3) is 0.529. The molecule has 7 nitrogen and oxygen atoms in total. The van der Waals surface area contributed by atoms with E-state index in [4.69, 9.17) is 4.42 Å². The number of rotatable bonds is 6. The largest absolute Gasteiger partial charge is 0.467 e. The molecule has 130 valence electrons. The number of aliphatic hydroxyl groups is 1. The van der Waals surface area contributed by atoms with Gasteiger partial charge in [-0.25, -0.2) is 4.79 Å². The van der Waals surface area contributed by atoms with Crippen LogP contribution in [0.2, 0.25) is 0 Å². The summed E-state index contributed by atoms with van der Waals surface area (Å²) >= 11 is 0. The first kappa shape index (κ1) is 16.6. The van der Waals surface area contributed by atoms with E-state index in [9.17, 15) is 9.90 Å². The SMILES string of the molecule is CCCn1cc(NC(=O)N2CCCC2CC(O)c2ccco2)cn1. The Balaban J connectivity index is 1.58. The van der Waals surface area contributed by atoms with Gasteiger partial charge in [0.2, 0.25) is 0 Å². The molecule has 2 atom stereocenters. The lowest BCUT2D eigenvalue weighted by atomic mass is 10.1. The summed E-state index contributed by atoms with van der Waals surface area (Å²) in [5.41, 5.74) is 0.700. The minimum absolute atomic E-state index is 0.00999. The maximum atomic E-state index is 12.5. The van der Waals surface area contributed by atoms with E-state index in [1.54, 1.807) is 29.5 Å². The van der Waals surface area contributed by atoms with E-state index in [1.807, 2.05) is 10.9 Å².